The largest absolute Gasteiger partial charge is 0.486 e. The van der Waals surface area contributed by atoms with Gasteiger partial charge in [0, 0.05) is 25.2 Å². The number of amides is 3. The highest BCUT2D eigenvalue weighted by atomic mass is 32.2. The fourth-order valence-corrected chi connectivity index (χ4v) is 4.18. The summed E-state index contributed by atoms with van der Waals surface area (Å²) in [7, 11) is -2.07. The SMILES string of the molecule is C[C@@H]1CN([C@H](C)CO)C(=O)c2cccc(NC(=O)Nc3ccc(F)cc3)c2O[C@H]1CN(C)S(C)(=O)=O. The standard InChI is InChI=1S/C24H31FN4O6S/c1-15-12-29(16(2)14-30)23(31)19-6-5-7-20(22(19)35-21(15)13-28(3)36(4,33)34)27-24(32)26-18-10-8-17(25)9-11-18/h5-11,15-16,21,30H,12-14H2,1-4H3,(H2,26,27,32)/t15-,16-,21+/m1/s1. The molecule has 1 heterocycles. The summed E-state index contributed by atoms with van der Waals surface area (Å²) in [5, 5.41) is 15.0. The molecule has 0 unspecified atom stereocenters. The lowest BCUT2D eigenvalue weighted by molar-refractivity contribution is 0.0389. The molecule has 3 N–H and O–H groups in total. The highest BCUT2D eigenvalue weighted by Gasteiger charge is 2.35. The molecule has 36 heavy (non-hydrogen) atoms. The van der Waals surface area contributed by atoms with Crippen molar-refractivity contribution in [2.45, 2.75) is 26.0 Å². The number of carbonyl (C=O) groups excluding carboxylic acids is 2. The summed E-state index contributed by atoms with van der Waals surface area (Å²) in [5.74, 6) is -1.07. The Morgan fingerprint density at radius 3 is 2.53 bits per heavy atom. The fraction of sp³-hybridized carbons (Fsp3) is 0.417. The number of para-hydroxylation sites is 1. The summed E-state index contributed by atoms with van der Waals surface area (Å²) in [4.78, 5) is 27.6. The molecule has 1 aliphatic heterocycles. The Morgan fingerprint density at radius 1 is 1.25 bits per heavy atom. The van der Waals surface area contributed by atoms with Crippen molar-refractivity contribution in [1.29, 1.82) is 0 Å². The molecule has 0 aliphatic carbocycles. The molecule has 0 bridgehead atoms. The third-order valence-corrected chi connectivity index (χ3v) is 7.33. The molecule has 196 valence electrons. The minimum atomic E-state index is -3.51. The second kappa shape index (κ2) is 11.2. The van der Waals surface area contributed by atoms with Crippen LogP contribution in [-0.2, 0) is 10.0 Å². The first-order valence-electron chi connectivity index (χ1n) is 11.4. The summed E-state index contributed by atoms with van der Waals surface area (Å²) in [5.41, 5.74) is 0.709. The maximum absolute atomic E-state index is 13.4. The third kappa shape index (κ3) is 6.50. The van der Waals surface area contributed by atoms with Crippen molar-refractivity contribution in [1.82, 2.24) is 9.21 Å². The second-order valence-corrected chi connectivity index (χ2v) is 11.0. The monoisotopic (exact) mass is 522 g/mol. The van der Waals surface area contributed by atoms with Crippen LogP contribution in [0, 0.1) is 11.7 Å². The molecule has 12 heteroatoms. The van der Waals surface area contributed by atoms with E-state index in [2.05, 4.69) is 10.6 Å². The maximum atomic E-state index is 13.4. The van der Waals surface area contributed by atoms with Gasteiger partial charge in [0.25, 0.3) is 5.91 Å². The summed E-state index contributed by atoms with van der Waals surface area (Å²) in [6, 6.07) is 8.75. The van der Waals surface area contributed by atoms with Gasteiger partial charge in [0.05, 0.1) is 36.7 Å². The van der Waals surface area contributed by atoms with E-state index in [4.69, 9.17) is 4.74 Å². The van der Waals surface area contributed by atoms with E-state index in [-0.39, 0.29) is 42.6 Å². The van der Waals surface area contributed by atoms with E-state index in [9.17, 15) is 27.5 Å². The Hall–Kier alpha value is -3.22. The molecule has 10 nitrogen and oxygen atoms in total. The van der Waals surface area contributed by atoms with Crippen LogP contribution in [0.15, 0.2) is 42.5 Å². The number of aliphatic hydroxyl groups is 1. The number of ether oxygens (including phenoxy) is 1. The normalized spacial score (nSPS) is 19.1. The molecular weight excluding hydrogens is 491 g/mol. The first-order chi connectivity index (χ1) is 16.9. The smallest absolute Gasteiger partial charge is 0.323 e. The predicted molar refractivity (Wildman–Crippen MR) is 134 cm³/mol. The molecule has 0 spiro atoms. The topological polar surface area (TPSA) is 128 Å². The number of urea groups is 1. The van der Waals surface area contributed by atoms with Gasteiger partial charge in [-0.2, -0.15) is 0 Å². The number of halogens is 1. The number of hydrogen-bond acceptors (Lipinski definition) is 6. The molecule has 0 aromatic heterocycles. The molecule has 2 aromatic carbocycles. The molecule has 0 saturated heterocycles. The Morgan fingerprint density at radius 2 is 1.92 bits per heavy atom. The number of rotatable bonds is 7. The number of nitrogens with one attached hydrogen (secondary N) is 2. The Labute approximate surface area is 210 Å². The minimum Gasteiger partial charge on any atom is -0.486 e. The molecule has 3 rings (SSSR count). The zero-order valence-corrected chi connectivity index (χ0v) is 21.4. The van der Waals surface area contributed by atoms with Crippen LogP contribution in [0.25, 0.3) is 0 Å². The lowest BCUT2D eigenvalue weighted by atomic mass is 9.99. The van der Waals surface area contributed by atoms with E-state index in [0.29, 0.717) is 5.69 Å². The van der Waals surface area contributed by atoms with Gasteiger partial charge in [-0.15, -0.1) is 0 Å². The predicted octanol–water partition coefficient (Wildman–Crippen LogP) is 2.58. The van der Waals surface area contributed by atoms with Crippen molar-refractivity contribution in [3.8, 4) is 5.75 Å². The Kier molecular flexibility index (Phi) is 8.54. The van der Waals surface area contributed by atoms with Gasteiger partial charge in [0.2, 0.25) is 10.0 Å². The van der Waals surface area contributed by atoms with Gasteiger partial charge in [0.1, 0.15) is 11.9 Å². The van der Waals surface area contributed by atoms with Gasteiger partial charge in [0.15, 0.2) is 5.75 Å². The van der Waals surface area contributed by atoms with E-state index in [1.54, 1.807) is 25.1 Å². The van der Waals surface area contributed by atoms with Crippen LogP contribution >= 0.6 is 0 Å². The molecule has 1 aliphatic rings. The first kappa shape index (κ1) is 27.4. The van der Waals surface area contributed by atoms with Gasteiger partial charge in [-0.1, -0.05) is 13.0 Å². The molecular formula is C24H31FN4O6S. The molecule has 0 fully saturated rings. The Balaban J connectivity index is 1.99. The van der Waals surface area contributed by atoms with Crippen LogP contribution in [0.2, 0.25) is 0 Å². The summed E-state index contributed by atoms with van der Waals surface area (Å²) >= 11 is 0. The average Bonchev–Trinajstić information content (AvgIpc) is 2.82. The number of carbonyl (C=O) groups is 2. The molecule has 3 amide bonds. The van der Waals surface area contributed by atoms with Crippen LogP contribution in [0.5, 0.6) is 5.75 Å². The molecule has 0 saturated carbocycles. The van der Waals surface area contributed by atoms with Gasteiger partial charge in [-0.3, -0.25) is 4.79 Å². The van der Waals surface area contributed by atoms with Crippen molar-refractivity contribution in [3.63, 3.8) is 0 Å². The first-order valence-corrected chi connectivity index (χ1v) is 13.2. The quantitative estimate of drug-likeness (QED) is 0.513. The van der Waals surface area contributed by atoms with Crippen molar-refractivity contribution in [2.24, 2.45) is 5.92 Å². The van der Waals surface area contributed by atoms with Crippen LogP contribution in [-0.4, -0.2) is 79.8 Å². The fourth-order valence-electron chi connectivity index (χ4n) is 3.77. The third-order valence-electron chi connectivity index (χ3n) is 6.04. The maximum Gasteiger partial charge on any atom is 0.323 e. The van der Waals surface area contributed by atoms with Crippen LogP contribution in [0.4, 0.5) is 20.6 Å². The van der Waals surface area contributed by atoms with Crippen molar-refractivity contribution in [2.75, 3.05) is 43.6 Å². The number of sulfonamides is 1. The molecule has 0 radical (unpaired) electrons. The molecule has 2 aromatic rings. The minimum absolute atomic E-state index is 0.00505. The van der Waals surface area contributed by atoms with Crippen molar-refractivity contribution >= 4 is 33.3 Å². The van der Waals surface area contributed by atoms with Gasteiger partial charge in [-0.25, -0.2) is 21.9 Å². The number of hydrogen-bond donors (Lipinski definition) is 3. The second-order valence-electron chi connectivity index (χ2n) is 8.93. The van der Waals surface area contributed by atoms with Gasteiger partial charge in [-0.05, 0) is 43.3 Å². The number of benzene rings is 2. The van der Waals surface area contributed by atoms with Gasteiger partial charge >= 0.3 is 6.03 Å². The highest BCUT2D eigenvalue weighted by Crippen LogP contribution is 2.35. The van der Waals surface area contributed by atoms with E-state index < -0.39 is 39.9 Å². The number of likely N-dealkylation sites (N-methyl/N-ethyl adjacent to an activating group) is 1. The number of anilines is 2. The zero-order valence-electron chi connectivity index (χ0n) is 20.6. The zero-order chi connectivity index (χ0) is 26.6. The van der Waals surface area contributed by atoms with Crippen molar-refractivity contribution in [3.05, 3.63) is 53.8 Å². The number of fused-ring (bicyclic) bond motifs is 1. The van der Waals surface area contributed by atoms with Crippen LogP contribution in [0.1, 0.15) is 24.2 Å². The van der Waals surface area contributed by atoms with Crippen LogP contribution in [0.3, 0.4) is 0 Å². The summed E-state index contributed by atoms with van der Waals surface area (Å²) in [6.07, 6.45) is 0.415. The lowest BCUT2D eigenvalue weighted by Crippen LogP contribution is -2.50. The van der Waals surface area contributed by atoms with Crippen molar-refractivity contribution < 1.29 is 32.2 Å². The Bertz CT molecular complexity index is 1210. The lowest BCUT2D eigenvalue weighted by Gasteiger charge is -2.38. The van der Waals surface area contributed by atoms with E-state index >= 15 is 0 Å². The van der Waals surface area contributed by atoms with E-state index in [0.717, 1.165) is 10.6 Å². The average molecular weight is 523 g/mol. The highest BCUT2D eigenvalue weighted by molar-refractivity contribution is 7.88. The molecule has 3 atom stereocenters. The number of nitrogens with zero attached hydrogens (tertiary/aromatic N) is 2. The number of aliphatic hydroxyl groups excluding tert-OH is 1. The summed E-state index contributed by atoms with van der Waals surface area (Å²) < 4.78 is 44.7. The van der Waals surface area contributed by atoms with Crippen LogP contribution < -0.4 is 15.4 Å². The summed E-state index contributed by atoms with van der Waals surface area (Å²) in [6.45, 7) is 3.51. The van der Waals surface area contributed by atoms with E-state index in [1.807, 2.05) is 6.92 Å². The van der Waals surface area contributed by atoms with E-state index in [1.165, 1.54) is 36.2 Å². The van der Waals surface area contributed by atoms with Gasteiger partial charge < -0.3 is 25.4 Å².